The standard InChI is InChI=1S/C12H16O/c1-10(13-9-11-7-8-11)12-5-3-2-4-6-12/h2-6,10-11H,7-9H2,1H3. The van der Waals surface area contributed by atoms with Crippen LogP contribution in [0.15, 0.2) is 30.3 Å². The molecule has 0 spiro atoms. The Morgan fingerprint density at radius 3 is 2.62 bits per heavy atom. The fourth-order valence-electron chi connectivity index (χ4n) is 1.39. The lowest BCUT2D eigenvalue weighted by atomic mass is 10.1. The van der Waals surface area contributed by atoms with Crippen molar-refractivity contribution < 1.29 is 4.74 Å². The number of rotatable bonds is 4. The lowest BCUT2D eigenvalue weighted by molar-refractivity contribution is 0.0579. The largest absolute Gasteiger partial charge is 0.374 e. The monoisotopic (exact) mass is 176 g/mol. The van der Waals surface area contributed by atoms with Gasteiger partial charge in [-0.05, 0) is 31.2 Å². The summed E-state index contributed by atoms with van der Waals surface area (Å²) >= 11 is 0. The van der Waals surface area contributed by atoms with Crippen LogP contribution in [0.1, 0.15) is 31.4 Å². The first kappa shape index (κ1) is 8.76. The highest BCUT2D eigenvalue weighted by Crippen LogP contribution is 2.30. The molecule has 1 heteroatoms. The minimum absolute atomic E-state index is 0.252. The first-order valence-electron chi connectivity index (χ1n) is 5.03. The molecule has 1 aromatic rings. The molecular weight excluding hydrogens is 160 g/mol. The second-order valence-corrected chi connectivity index (χ2v) is 3.83. The quantitative estimate of drug-likeness (QED) is 0.684. The van der Waals surface area contributed by atoms with Crippen LogP contribution in [0, 0.1) is 5.92 Å². The van der Waals surface area contributed by atoms with E-state index in [9.17, 15) is 0 Å². The Balaban J connectivity index is 1.85. The Morgan fingerprint density at radius 1 is 1.31 bits per heavy atom. The zero-order chi connectivity index (χ0) is 9.10. The Labute approximate surface area is 79.7 Å². The van der Waals surface area contributed by atoms with E-state index in [1.54, 1.807) is 0 Å². The molecule has 1 atom stereocenters. The molecule has 0 saturated heterocycles. The van der Waals surface area contributed by atoms with Crippen molar-refractivity contribution in [3.8, 4) is 0 Å². The lowest BCUT2D eigenvalue weighted by Crippen LogP contribution is -2.02. The molecule has 0 heterocycles. The molecule has 1 fully saturated rings. The number of ether oxygens (including phenoxy) is 1. The highest BCUT2D eigenvalue weighted by atomic mass is 16.5. The zero-order valence-electron chi connectivity index (χ0n) is 8.07. The Hall–Kier alpha value is -0.820. The minimum atomic E-state index is 0.252. The normalized spacial score (nSPS) is 18.5. The average Bonchev–Trinajstić information content (AvgIpc) is 2.99. The number of hydrogen-bond donors (Lipinski definition) is 0. The van der Waals surface area contributed by atoms with Crippen LogP contribution in [-0.4, -0.2) is 6.61 Å². The van der Waals surface area contributed by atoms with Crippen molar-refractivity contribution in [2.24, 2.45) is 5.92 Å². The summed E-state index contributed by atoms with van der Waals surface area (Å²) in [4.78, 5) is 0. The molecule has 0 aliphatic heterocycles. The molecule has 1 unspecified atom stereocenters. The van der Waals surface area contributed by atoms with E-state index in [0.717, 1.165) is 12.5 Å². The van der Waals surface area contributed by atoms with Crippen molar-refractivity contribution in [1.29, 1.82) is 0 Å². The van der Waals surface area contributed by atoms with Gasteiger partial charge in [0.25, 0.3) is 0 Å². The summed E-state index contributed by atoms with van der Waals surface area (Å²) in [7, 11) is 0. The van der Waals surface area contributed by atoms with Crippen LogP contribution in [-0.2, 0) is 4.74 Å². The molecule has 1 saturated carbocycles. The van der Waals surface area contributed by atoms with E-state index in [1.807, 2.05) is 6.07 Å². The lowest BCUT2D eigenvalue weighted by Gasteiger charge is -2.12. The van der Waals surface area contributed by atoms with Gasteiger partial charge >= 0.3 is 0 Å². The summed E-state index contributed by atoms with van der Waals surface area (Å²) in [5.74, 6) is 0.853. The van der Waals surface area contributed by atoms with E-state index < -0.39 is 0 Å². The summed E-state index contributed by atoms with van der Waals surface area (Å²) in [6.45, 7) is 3.06. The van der Waals surface area contributed by atoms with Gasteiger partial charge in [-0.3, -0.25) is 0 Å². The van der Waals surface area contributed by atoms with Gasteiger partial charge in [-0.25, -0.2) is 0 Å². The van der Waals surface area contributed by atoms with Gasteiger partial charge in [0.15, 0.2) is 0 Å². The minimum Gasteiger partial charge on any atom is -0.374 e. The van der Waals surface area contributed by atoms with Gasteiger partial charge in [-0.2, -0.15) is 0 Å². The molecule has 0 N–H and O–H groups in total. The zero-order valence-corrected chi connectivity index (χ0v) is 8.07. The SMILES string of the molecule is CC(OCC1CC1)c1ccccc1. The summed E-state index contributed by atoms with van der Waals surface area (Å²) in [6.07, 6.45) is 2.98. The maximum atomic E-state index is 5.75. The molecule has 1 aromatic carbocycles. The van der Waals surface area contributed by atoms with Gasteiger partial charge in [-0.15, -0.1) is 0 Å². The Bertz CT molecular complexity index is 251. The van der Waals surface area contributed by atoms with Crippen molar-refractivity contribution in [3.63, 3.8) is 0 Å². The molecule has 70 valence electrons. The van der Waals surface area contributed by atoms with E-state index in [2.05, 4.69) is 31.2 Å². The molecular formula is C12H16O. The van der Waals surface area contributed by atoms with Gasteiger partial charge in [0, 0.05) is 0 Å². The molecule has 2 rings (SSSR count). The van der Waals surface area contributed by atoms with Gasteiger partial charge in [0.05, 0.1) is 12.7 Å². The molecule has 1 nitrogen and oxygen atoms in total. The van der Waals surface area contributed by atoms with Crippen LogP contribution in [0.3, 0.4) is 0 Å². The van der Waals surface area contributed by atoms with Gasteiger partial charge in [-0.1, -0.05) is 30.3 Å². The maximum absolute atomic E-state index is 5.75. The van der Waals surface area contributed by atoms with Crippen LogP contribution in [0.25, 0.3) is 0 Å². The molecule has 0 radical (unpaired) electrons. The van der Waals surface area contributed by atoms with E-state index in [-0.39, 0.29) is 6.10 Å². The van der Waals surface area contributed by atoms with E-state index >= 15 is 0 Å². The molecule has 13 heavy (non-hydrogen) atoms. The predicted molar refractivity (Wildman–Crippen MR) is 53.5 cm³/mol. The summed E-state index contributed by atoms with van der Waals surface area (Å²) in [6, 6.07) is 10.4. The summed E-state index contributed by atoms with van der Waals surface area (Å²) in [5.41, 5.74) is 1.28. The van der Waals surface area contributed by atoms with Gasteiger partial charge < -0.3 is 4.74 Å². The van der Waals surface area contributed by atoms with Gasteiger partial charge in [0.1, 0.15) is 0 Å². The van der Waals surface area contributed by atoms with Gasteiger partial charge in [0.2, 0.25) is 0 Å². The van der Waals surface area contributed by atoms with E-state index in [1.165, 1.54) is 18.4 Å². The second kappa shape index (κ2) is 3.93. The first-order valence-corrected chi connectivity index (χ1v) is 5.03. The maximum Gasteiger partial charge on any atom is 0.0796 e. The molecule has 0 aromatic heterocycles. The smallest absolute Gasteiger partial charge is 0.0796 e. The van der Waals surface area contributed by atoms with Crippen molar-refractivity contribution in [2.45, 2.75) is 25.9 Å². The van der Waals surface area contributed by atoms with Crippen LogP contribution >= 0.6 is 0 Å². The highest BCUT2D eigenvalue weighted by Gasteiger charge is 2.22. The molecule has 0 bridgehead atoms. The Kier molecular flexibility index (Phi) is 2.65. The average molecular weight is 176 g/mol. The van der Waals surface area contributed by atoms with Crippen LogP contribution in [0.5, 0.6) is 0 Å². The van der Waals surface area contributed by atoms with Crippen LogP contribution in [0.2, 0.25) is 0 Å². The summed E-state index contributed by atoms with van der Waals surface area (Å²) in [5, 5.41) is 0. The molecule has 1 aliphatic rings. The Morgan fingerprint density at radius 2 is 2.00 bits per heavy atom. The summed E-state index contributed by atoms with van der Waals surface area (Å²) < 4.78 is 5.75. The van der Waals surface area contributed by atoms with Crippen molar-refractivity contribution in [2.75, 3.05) is 6.61 Å². The third kappa shape index (κ3) is 2.56. The highest BCUT2D eigenvalue weighted by molar-refractivity contribution is 5.16. The number of benzene rings is 1. The van der Waals surface area contributed by atoms with Crippen molar-refractivity contribution in [1.82, 2.24) is 0 Å². The van der Waals surface area contributed by atoms with E-state index in [4.69, 9.17) is 4.74 Å². The number of hydrogen-bond acceptors (Lipinski definition) is 1. The fourth-order valence-corrected chi connectivity index (χ4v) is 1.39. The van der Waals surface area contributed by atoms with Crippen molar-refractivity contribution >= 4 is 0 Å². The van der Waals surface area contributed by atoms with Crippen molar-refractivity contribution in [3.05, 3.63) is 35.9 Å². The van der Waals surface area contributed by atoms with Crippen LogP contribution < -0.4 is 0 Å². The first-order chi connectivity index (χ1) is 6.36. The van der Waals surface area contributed by atoms with E-state index in [0.29, 0.717) is 0 Å². The third-order valence-electron chi connectivity index (χ3n) is 2.55. The molecule has 0 amide bonds. The second-order valence-electron chi connectivity index (χ2n) is 3.83. The fraction of sp³-hybridized carbons (Fsp3) is 0.500. The third-order valence-corrected chi connectivity index (χ3v) is 2.55. The topological polar surface area (TPSA) is 9.23 Å². The predicted octanol–water partition coefficient (Wildman–Crippen LogP) is 3.17. The molecule has 1 aliphatic carbocycles. The van der Waals surface area contributed by atoms with Crippen LogP contribution in [0.4, 0.5) is 0 Å².